The lowest BCUT2D eigenvalue weighted by atomic mass is 9.97. The molecule has 1 aliphatic rings. The molecule has 0 aromatic carbocycles. The van der Waals surface area contributed by atoms with Gasteiger partial charge < -0.3 is 15.0 Å². The van der Waals surface area contributed by atoms with Gasteiger partial charge in [-0.2, -0.15) is 0 Å². The van der Waals surface area contributed by atoms with Gasteiger partial charge >= 0.3 is 0 Å². The molecule has 0 aromatic rings. The highest BCUT2D eigenvalue weighted by Gasteiger charge is 2.40. The summed E-state index contributed by atoms with van der Waals surface area (Å²) in [5.41, 5.74) is 0. The van der Waals surface area contributed by atoms with E-state index in [9.17, 15) is 9.59 Å². The summed E-state index contributed by atoms with van der Waals surface area (Å²) in [6, 6.07) is -0.835. The predicted octanol–water partition coefficient (Wildman–Crippen LogP) is 0.783. The average Bonchev–Trinajstić information content (AvgIpc) is 2.25. The molecule has 0 spiro atoms. The molecule has 0 radical (unpaired) electrons. The minimum absolute atomic E-state index is 0.0279. The van der Waals surface area contributed by atoms with Crippen molar-refractivity contribution in [3.63, 3.8) is 0 Å². The Morgan fingerprint density at radius 1 is 1.33 bits per heavy atom. The average molecular weight is 256 g/mol. The molecule has 0 aromatic heterocycles. The zero-order chi connectivity index (χ0) is 13.9. The summed E-state index contributed by atoms with van der Waals surface area (Å²) >= 11 is 0. The highest BCUT2D eigenvalue weighted by molar-refractivity contribution is 5.96. The number of carbonyl (C=O) groups excluding carboxylic acids is 2. The molecule has 18 heavy (non-hydrogen) atoms. The third kappa shape index (κ3) is 3.22. The molecular formula is C13H24N2O3. The fraction of sp³-hybridized carbons (Fsp3) is 0.846. The predicted molar refractivity (Wildman–Crippen MR) is 69.0 cm³/mol. The van der Waals surface area contributed by atoms with Crippen molar-refractivity contribution in [2.75, 3.05) is 13.2 Å². The van der Waals surface area contributed by atoms with Crippen molar-refractivity contribution >= 4 is 11.8 Å². The molecule has 2 amide bonds. The molecule has 3 atom stereocenters. The van der Waals surface area contributed by atoms with Crippen LogP contribution in [-0.2, 0) is 14.3 Å². The number of piperazine rings is 1. The van der Waals surface area contributed by atoms with Crippen LogP contribution in [0, 0.1) is 5.92 Å². The minimum atomic E-state index is -0.443. The van der Waals surface area contributed by atoms with Crippen molar-refractivity contribution in [3.8, 4) is 0 Å². The van der Waals surface area contributed by atoms with Gasteiger partial charge in [-0.25, -0.2) is 0 Å². The van der Waals surface area contributed by atoms with E-state index < -0.39 is 12.1 Å². The van der Waals surface area contributed by atoms with E-state index in [0.29, 0.717) is 13.2 Å². The standard InChI is InChI=1S/C13H24N2O3/c1-6-18-9(4)7-15-11(8(2)3)12(16)14-10(5)13(15)17/h8-11H,6-7H2,1-5H3,(H,14,16). The zero-order valence-electron chi connectivity index (χ0n) is 11.9. The van der Waals surface area contributed by atoms with Crippen molar-refractivity contribution < 1.29 is 14.3 Å². The van der Waals surface area contributed by atoms with Crippen LogP contribution in [0.3, 0.4) is 0 Å². The van der Waals surface area contributed by atoms with Crippen LogP contribution in [-0.4, -0.2) is 48.1 Å². The Bertz CT molecular complexity index is 317. The van der Waals surface area contributed by atoms with E-state index in [1.807, 2.05) is 27.7 Å². The summed E-state index contributed by atoms with van der Waals surface area (Å²) in [6.45, 7) is 10.5. The quantitative estimate of drug-likeness (QED) is 0.791. The molecule has 0 saturated carbocycles. The van der Waals surface area contributed by atoms with Crippen LogP contribution < -0.4 is 5.32 Å². The Morgan fingerprint density at radius 2 is 1.94 bits per heavy atom. The number of nitrogens with zero attached hydrogens (tertiary/aromatic N) is 1. The van der Waals surface area contributed by atoms with Crippen LogP contribution in [0.15, 0.2) is 0 Å². The molecular weight excluding hydrogens is 232 g/mol. The number of ether oxygens (including phenoxy) is 1. The molecule has 0 bridgehead atoms. The van der Waals surface area contributed by atoms with Gasteiger partial charge in [0.25, 0.3) is 0 Å². The molecule has 1 heterocycles. The largest absolute Gasteiger partial charge is 0.377 e. The molecule has 5 nitrogen and oxygen atoms in total. The normalized spacial score (nSPS) is 26.4. The van der Waals surface area contributed by atoms with Gasteiger partial charge in [-0.15, -0.1) is 0 Å². The Labute approximate surface area is 109 Å². The third-order valence-corrected chi connectivity index (χ3v) is 3.15. The van der Waals surface area contributed by atoms with Crippen molar-refractivity contribution in [2.24, 2.45) is 5.92 Å². The summed E-state index contributed by atoms with van der Waals surface area (Å²) in [4.78, 5) is 25.8. The maximum absolute atomic E-state index is 12.2. The van der Waals surface area contributed by atoms with Crippen LogP contribution in [0.1, 0.15) is 34.6 Å². The number of hydrogen-bond acceptors (Lipinski definition) is 3. The van der Waals surface area contributed by atoms with Crippen molar-refractivity contribution in [3.05, 3.63) is 0 Å². The molecule has 1 rings (SSSR count). The van der Waals surface area contributed by atoms with Gasteiger partial charge in [0.2, 0.25) is 11.8 Å². The summed E-state index contributed by atoms with van der Waals surface area (Å²) in [6.07, 6.45) is -0.0571. The minimum Gasteiger partial charge on any atom is -0.377 e. The number of carbonyl (C=O) groups is 2. The lowest BCUT2D eigenvalue weighted by Crippen LogP contribution is -2.65. The maximum atomic E-state index is 12.2. The number of rotatable bonds is 5. The van der Waals surface area contributed by atoms with E-state index in [2.05, 4.69) is 5.32 Å². The van der Waals surface area contributed by atoms with E-state index in [1.54, 1.807) is 11.8 Å². The van der Waals surface area contributed by atoms with Gasteiger partial charge in [0, 0.05) is 13.2 Å². The Morgan fingerprint density at radius 3 is 2.44 bits per heavy atom. The van der Waals surface area contributed by atoms with Crippen LogP contribution in [0.5, 0.6) is 0 Å². The second-order valence-corrected chi connectivity index (χ2v) is 5.18. The van der Waals surface area contributed by atoms with Crippen LogP contribution in [0.4, 0.5) is 0 Å². The van der Waals surface area contributed by atoms with Gasteiger partial charge in [0.05, 0.1) is 6.10 Å². The molecule has 104 valence electrons. The Kier molecular flexibility index (Phi) is 5.14. The lowest BCUT2D eigenvalue weighted by molar-refractivity contribution is -0.152. The molecule has 1 fully saturated rings. The summed E-state index contributed by atoms with van der Waals surface area (Å²) in [7, 11) is 0. The second-order valence-electron chi connectivity index (χ2n) is 5.18. The van der Waals surface area contributed by atoms with Crippen LogP contribution in [0.2, 0.25) is 0 Å². The SMILES string of the molecule is CCOC(C)CN1C(=O)C(C)NC(=O)C1C(C)C. The Balaban J connectivity index is 2.85. The third-order valence-electron chi connectivity index (χ3n) is 3.15. The summed E-state index contributed by atoms with van der Waals surface area (Å²) < 4.78 is 5.47. The molecule has 1 saturated heterocycles. The van der Waals surface area contributed by atoms with E-state index >= 15 is 0 Å². The number of amides is 2. The van der Waals surface area contributed by atoms with Crippen molar-refractivity contribution in [2.45, 2.75) is 52.8 Å². The van der Waals surface area contributed by atoms with E-state index in [1.165, 1.54) is 0 Å². The fourth-order valence-corrected chi connectivity index (χ4v) is 2.37. The highest BCUT2D eigenvalue weighted by atomic mass is 16.5. The highest BCUT2D eigenvalue weighted by Crippen LogP contribution is 2.18. The Hall–Kier alpha value is -1.10. The smallest absolute Gasteiger partial charge is 0.245 e. The van der Waals surface area contributed by atoms with Gasteiger partial charge in [-0.1, -0.05) is 13.8 Å². The summed E-state index contributed by atoms with van der Waals surface area (Å²) in [5, 5.41) is 2.72. The van der Waals surface area contributed by atoms with Crippen molar-refractivity contribution in [1.29, 1.82) is 0 Å². The van der Waals surface area contributed by atoms with Gasteiger partial charge in [-0.05, 0) is 26.7 Å². The van der Waals surface area contributed by atoms with Crippen LogP contribution >= 0.6 is 0 Å². The first-order valence-electron chi connectivity index (χ1n) is 6.60. The topological polar surface area (TPSA) is 58.6 Å². The number of hydrogen-bond donors (Lipinski definition) is 1. The zero-order valence-corrected chi connectivity index (χ0v) is 11.9. The van der Waals surface area contributed by atoms with Crippen molar-refractivity contribution in [1.82, 2.24) is 10.2 Å². The van der Waals surface area contributed by atoms with Crippen LogP contribution in [0.25, 0.3) is 0 Å². The summed E-state index contributed by atoms with van der Waals surface area (Å²) in [5.74, 6) is -0.00377. The molecule has 0 aliphatic carbocycles. The first-order chi connectivity index (χ1) is 8.38. The van der Waals surface area contributed by atoms with E-state index in [4.69, 9.17) is 4.74 Å². The van der Waals surface area contributed by atoms with Gasteiger partial charge in [-0.3, -0.25) is 9.59 Å². The lowest BCUT2D eigenvalue weighted by Gasteiger charge is -2.40. The van der Waals surface area contributed by atoms with Gasteiger partial charge in [0.1, 0.15) is 12.1 Å². The molecule has 3 unspecified atom stereocenters. The fourth-order valence-electron chi connectivity index (χ4n) is 2.37. The number of nitrogens with one attached hydrogen (secondary N) is 1. The van der Waals surface area contributed by atoms with E-state index in [0.717, 1.165) is 0 Å². The van der Waals surface area contributed by atoms with Gasteiger partial charge in [0.15, 0.2) is 0 Å². The van der Waals surface area contributed by atoms with E-state index in [-0.39, 0.29) is 23.8 Å². The first-order valence-corrected chi connectivity index (χ1v) is 6.60. The molecule has 1 N–H and O–H groups in total. The first kappa shape index (κ1) is 15.0. The maximum Gasteiger partial charge on any atom is 0.245 e. The molecule has 1 aliphatic heterocycles. The molecule has 5 heteroatoms. The monoisotopic (exact) mass is 256 g/mol. The second kappa shape index (κ2) is 6.18.